The van der Waals surface area contributed by atoms with E-state index in [1.807, 2.05) is 0 Å². The molecule has 0 bridgehead atoms. The van der Waals surface area contributed by atoms with E-state index >= 15 is 0 Å². The molecule has 0 aromatic heterocycles. The molecule has 18 heavy (non-hydrogen) atoms. The lowest BCUT2D eigenvalue weighted by Crippen LogP contribution is -2.43. The smallest absolute Gasteiger partial charge is 0.0113 e. The molecule has 1 heteroatoms. The number of rotatable bonds is 2. The normalized spacial score (nSPS) is 31.9. The van der Waals surface area contributed by atoms with Crippen LogP contribution in [0.3, 0.4) is 0 Å². The van der Waals surface area contributed by atoms with Crippen molar-refractivity contribution in [3.05, 3.63) is 35.4 Å². The summed E-state index contributed by atoms with van der Waals surface area (Å²) in [7, 11) is 0. The van der Waals surface area contributed by atoms with Crippen LogP contribution >= 0.6 is 0 Å². The van der Waals surface area contributed by atoms with E-state index in [9.17, 15) is 0 Å². The molecule has 0 amide bonds. The zero-order valence-corrected chi connectivity index (χ0v) is 11.5. The van der Waals surface area contributed by atoms with Crippen molar-refractivity contribution in [2.75, 3.05) is 0 Å². The Balaban J connectivity index is 1.59. The molecule has 3 unspecified atom stereocenters. The maximum Gasteiger partial charge on any atom is 0.0113 e. The number of nitrogens with one attached hydrogen (secondary N) is 1. The quantitative estimate of drug-likeness (QED) is 0.835. The summed E-state index contributed by atoms with van der Waals surface area (Å²) in [6, 6.07) is 10.5. The van der Waals surface area contributed by atoms with Gasteiger partial charge in [-0.3, -0.25) is 0 Å². The van der Waals surface area contributed by atoms with Crippen molar-refractivity contribution in [1.82, 2.24) is 5.32 Å². The van der Waals surface area contributed by atoms with Crippen LogP contribution < -0.4 is 5.32 Å². The second-order valence-corrected chi connectivity index (χ2v) is 6.34. The molecule has 0 aliphatic heterocycles. The van der Waals surface area contributed by atoms with Crippen molar-refractivity contribution >= 4 is 0 Å². The summed E-state index contributed by atoms with van der Waals surface area (Å²) in [6.45, 7) is 2.41. The third-order valence-electron chi connectivity index (χ3n) is 4.75. The lowest BCUT2D eigenvalue weighted by atomic mass is 9.84. The molecule has 0 radical (unpaired) electrons. The lowest BCUT2D eigenvalue weighted by molar-refractivity contribution is 0.271. The van der Waals surface area contributed by atoms with Gasteiger partial charge in [-0.15, -0.1) is 0 Å². The molecule has 2 aliphatic carbocycles. The monoisotopic (exact) mass is 243 g/mol. The number of fused-ring (bicyclic) bond motifs is 1. The molecule has 1 aromatic carbocycles. The maximum absolute atomic E-state index is 3.93. The highest BCUT2D eigenvalue weighted by Crippen LogP contribution is 2.26. The molecular formula is C17H25N. The Morgan fingerprint density at radius 3 is 2.67 bits per heavy atom. The fourth-order valence-corrected chi connectivity index (χ4v) is 3.76. The summed E-state index contributed by atoms with van der Waals surface area (Å²) in [5, 5.41) is 3.93. The van der Waals surface area contributed by atoms with Crippen molar-refractivity contribution in [2.24, 2.45) is 5.92 Å². The van der Waals surface area contributed by atoms with Gasteiger partial charge in [0.2, 0.25) is 0 Å². The highest BCUT2D eigenvalue weighted by Gasteiger charge is 2.24. The van der Waals surface area contributed by atoms with Gasteiger partial charge in [-0.05, 0) is 49.1 Å². The Bertz CT molecular complexity index is 398. The van der Waals surface area contributed by atoms with Crippen LogP contribution in [0.25, 0.3) is 0 Å². The summed E-state index contributed by atoms with van der Waals surface area (Å²) in [6.07, 6.45) is 9.45. The van der Waals surface area contributed by atoms with Crippen LogP contribution in [0.4, 0.5) is 0 Å². The van der Waals surface area contributed by atoms with Crippen molar-refractivity contribution in [1.29, 1.82) is 0 Å². The Kier molecular flexibility index (Phi) is 3.69. The number of hydrogen-bond donors (Lipinski definition) is 1. The topological polar surface area (TPSA) is 12.0 Å². The summed E-state index contributed by atoms with van der Waals surface area (Å²) < 4.78 is 0. The van der Waals surface area contributed by atoms with E-state index in [0.717, 1.165) is 18.0 Å². The Hall–Kier alpha value is -0.820. The van der Waals surface area contributed by atoms with Crippen LogP contribution in [-0.4, -0.2) is 12.1 Å². The first-order valence-corrected chi connectivity index (χ1v) is 7.64. The first kappa shape index (κ1) is 12.2. The maximum atomic E-state index is 3.93. The Labute approximate surface area is 111 Å². The second kappa shape index (κ2) is 5.44. The molecule has 1 aromatic rings. The van der Waals surface area contributed by atoms with E-state index < -0.39 is 0 Å². The van der Waals surface area contributed by atoms with Gasteiger partial charge in [-0.2, -0.15) is 0 Å². The standard InChI is InChI=1S/C17H25N/c1-13-5-4-8-16(11-13)18-17-10-9-14-6-2-3-7-15(14)12-17/h2-3,6-7,13,16-18H,4-5,8-12H2,1H3. The van der Waals surface area contributed by atoms with Gasteiger partial charge < -0.3 is 5.32 Å². The molecule has 1 fully saturated rings. The minimum atomic E-state index is 0.718. The number of hydrogen-bond acceptors (Lipinski definition) is 1. The van der Waals surface area contributed by atoms with Crippen LogP contribution in [0, 0.1) is 5.92 Å². The van der Waals surface area contributed by atoms with E-state index in [1.54, 1.807) is 11.1 Å². The summed E-state index contributed by atoms with van der Waals surface area (Å²) in [5.41, 5.74) is 3.15. The Morgan fingerprint density at radius 2 is 1.83 bits per heavy atom. The summed E-state index contributed by atoms with van der Waals surface area (Å²) in [5.74, 6) is 0.923. The molecule has 0 spiro atoms. The zero-order valence-electron chi connectivity index (χ0n) is 11.5. The molecule has 1 N–H and O–H groups in total. The largest absolute Gasteiger partial charge is 0.311 e. The van der Waals surface area contributed by atoms with Crippen molar-refractivity contribution in [2.45, 2.75) is 64.0 Å². The fraction of sp³-hybridized carbons (Fsp3) is 0.647. The number of aryl methyl sites for hydroxylation is 1. The van der Waals surface area contributed by atoms with Crippen molar-refractivity contribution in [3.63, 3.8) is 0 Å². The van der Waals surface area contributed by atoms with E-state index in [0.29, 0.717) is 0 Å². The minimum absolute atomic E-state index is 0.718. The third kappa shape index (κ3) is 2.77. The second-order valence-electron chi connectivity index (χ2n) is 6.34. The van der Waals surface area contributed by atoms with Gasteiger partial charge >= 0.3 is 0 Å². The van der Waals surface area contributed by atoms with Crippen LogP contribution in [0.1, 0.15) is 50.2 Å². The lowest BCUT2D eigenvalue weighted by Gasteiger charge is -2.33. The van der Waals surface area contributed by atoms with Crippen LogP contribution in [0.5, 0.6) is 0 Å². The molecule has 0 saturated heterocycles. The molecule has 98 valence electrons. The number of benzene rings is 1. The van der Waals surface area contributed by atoms with E-state index in [-0.39, 0.29) is 0 Å². The van der Waals surface area contributed by atoms with E-state index in [2.05, 4.69) is 36.5 Å². The molecule has 3 rings (SSSR count). The predicted molar refractivity (Wildman–Crippen MR) is 76.8 cm³/mol. The van der Waals surface area contributed by atoms with E-state index in [1.165, 1.54) is 44.9 Å². The van der Waals surface area contributed by atoms with Gasteiger partial charge in [0.1, 0.15) is 0 Å². The van der Waals surface area contributed by atoms with E-state index in [4.69, 9.17) is 0 Å². The summed E-state index contributed by atoms with van der Waals surface area (Å²) >= 11 is 0. The fourth-order valence-electron chi connectivity index (χ4n) is 3.76. The van der Waals surface area contributed by atoms with Gasteiger partial charge in [-0.1, -0.05) is 44.0 Å². The minimum Gasteiger partial charge on any atom is -0.311 e. The Morgan fingerprint density at radius 1 is 1.00 bits per heavy atom. The third-order valence-corrected chi connectivity index (χ3v) is 4.75. The molecule has 3 atom stereocenters. The molecule has 0 heterocycles. The summed E-state index contributed by atoms with van der Waals surface area (Å²) in [4.78, 5) is 0. The van der Waals surface area contributed by atoms with Gasteiger partial charge in [0.05, 0.1) is 0 Å². The highest BCUT2D eigenvalue weighted by molar-refractivity contribution is 5.30. The first-order valence-electron chi connectivity index (χ1n) is 7.64. The van der Waals surface area contributed by atoms with Gasteiger partial charge in [0, 0.05) is 12.1 Å². The van der Waals surface area contributed by atoms with Gasteiger partial charge in [0.15, 0.2) is 0 Å². The van der Waals surface area contributed by atoms with Crippen LogP contribution in [0.2, 0.25) is 0 Å². The predicted octanol–water partition coefficient (Wildman–Crippen LogP) is 3.71. The average Bonchev–Trinajstić information content (AvgIpc) is 2.39. The molecule has 1 saturated carbocycles. The van der Waals surface area contributed by atoms with Crippen LogP contribution in [0.15, 0.2) is 24.3 Å². The first-order chi connectivity index (χ1) is 8.81. The van der Waals surface area contributed by atoms with Crippen LogP contribution in [-0.2, 0) is 12.8 Å². The SMILES string of the molecule is CC1CCCC(NC2CCc3ccccc3C2)C1. The van der Waals surface area contributed by atoms with Crippen molar-refractivity contribution < 1.29 is 0 Å². The zero-order chi connectivity index (χ0) is 12.4. The van der Waals surface area contributed by atoms with Gasteiger partial charge in [0.25, 0.3) is 0 Å². The average molecular weight is 243 g/mol. The molecular weight excluding hydrogens is 218 g/mol. The molecule has 1 nitrogen and oxygen atoms in total. The van der Waals surface area contributed by atoms with Crippen molar-refractivity contribution in [3.8, 4) is 0 Å². The van der Waals surface area contributed by atoms with Gasteiger partial charge in [-0.25, -0.2) is 0 Å². The molecule has 2 aliphatic rings. The highest BCUT2D eigenvalue weighted by atomic mass is 15.0.